The summed E-state index contributed by atoms with van der Waals surface area (Å²) in [6.45, 7) is 1.79. The van der Waals surface area contributed by atoms with E-state index in [1.54, 1.807) is 13.0 Å². The van der Waals surface area contributed by atoms with Crippen molar-refractivity contribution >= 4 is 44.6 Å². The number of carbonyl (C=O) groups excluding carboxylic acids is 1. The SMILES string of the molecule is Cc1c(C=O)cc2sc(N)nc2c1Cl. The van der Waals surface area contributed by atoms with Crippen molar-refractivity contribution in [3.8, 4) is 0 Å². The number of anilines is 1. The van der Waals surface area contributed by atoms with E-state index >= 15 is 0 Å². The van der Waals surface area contributed by atoms with Gasteiger partial charge < -0.3 is 5.73 Å². The van der Waals surface area contributed by atoms with Gasteiger partial charge >= 0.3 is 0 Å². The molecule has 0 aliphatic heterocycles. The number of nitrogens with two attached hydrogens (primary N) is 1. The molecule has 2 N–H and O–H groups in total. The highest BCUT2D eigenvalue weighted by atomic mass is 35.5. The van der Waals surface area contributed by atoms with Gasteiger partial charge in [-0.3, -0.25) is 4.79 Å². The fourth-order valence-corrected chi connectivity index (χ4v) is 2.38. The van der Waals surface area contributed by atoms with Gasteiger partial charge in [0.1, 0.15) is 11.8 Å². The van der Waals surface area contributed by atoms with E-state index < -0.39 is 0 Å². The third kappa shape index (κ3) is 1.27. The smallest absolute Gasteiger partial charge is 0.181 e. The van der Waals surface area contributed by atoms with E-state index in [0.717, 1.165) is 16.5 Å². The molecule has 2 rings (SSSR count). The van der Waals surface area contributed by atoms with Gasteiger partial charge in [0.2, 0.25) is 0 Å². The van der Waals surface area contributed by atoms with E-state index in [1.165, 1.54) is 11.3 Å². The number of halogens is 1. The van der Waals surface area contributed by atoms with Gasteiger partial charge in [0.05, 0.1) is 9.72 Å². The number of rotatable bonds is 1. The second kappa shape index (κ2) is 3.22. The molecule has 1 aromatic heterocycles. The number of nitrogens with zero attached hydrogens (tertiary/aromatic N) is 1. The summed E-state index contributed by atoms with van der Waals surface area (Å²) in [5, 5.41) is 0.974. The second-order valence-corrected chi connectivity index (χ2v) is 4.36. The van der Waals surface area contributed by atoms with Crippen LogP contribution in [0.25, 0.3) is 10.2 Å². The van der Waals surface area contributed by atoms with E-state index in [2.05, 4.69) is 4.98 Å². The lowest BCUT2D eigenvalue weighted by atomic mass is 10.1. The van der Waals surface area contributed by atoms with Crippen molar-refractivity contribution in [3.63, 3.8) is 0 Å². The van der Waals surface area contributed by atoms with Crippen molar-refractivity contribution in [1.82, 2.24) is 4.98 Å². The number of fused-ring (bicyclic) bond motifs is 1. The molecule has 0 saturated carbocycles. The molecule has 2 aromatic rings. The molecular formula is C9H7ClN2OS. The summed E-state index contributed by atoms with van der Waals surface area (Å²) >= 11 is 7.38. The van der Waals surface area contributed by atoms with Crippen LogP contribution in [0.1, 0.15) is 15.9 Å². The minimum absolute atomic E-state index is 0.462. The maximum absolute atomic E-state index is 10.7. The Balaban J connectivity index is 2.90. The van der Waals surface area contributed by atoms with Gasteiger partial charge in [0.25, 0.3) is 0 Å². The molecule has 1 aromatic carbocycles. The van der Waals surface area contributed by atoms with Crippen molar-refractivity contribution in [2.75, 3.05) is 5.73 Å². The number of nitrogen functional groups attached to an aromatic ring is 1. The van der Waals surface area contributed by atoms with E-state index in [9.17, 15) is 4.79 Å². The molecule has 0 saturated heterocycles. The average Bonchev–Trinajstić information content (AvgIpc) is 2.52. The number of hydrogen-bond acceptors (Lipinski definition) is 4. The Kier molecular flexibility index (Phi) is 2.17. The van der Waals surface area contributed by atoms with E-state index in [4.69, 9.17) is 17.3 Å². The molecule has 72 valence electrons. The zero-order valence-corrected chi connectivity index (χ0v) is 8.95. The fourth-order valence-electron chi connectivity index (χ4n) is 1.28. The standard InChI is InChI=1S/C9H7ClN2OS/c1-4-5(3-13)2-6-8(7(4)10)12-9(11)14-6/h2-3H,1H3,(H2,11,12). The Labute approximate surface area is 89.5 Å². The summed E-state index contributed by atoms with van der Waals surface area (Å²) in [6.07, 6.45) is 0.788. The molecular weight excluding hydrogens is 220 g/mol. The highest BCUT2D eigenvalue weighted by molar-refractivity contribution is 7.22. The minimum Gasteiger partial charge on any atom is -0.375 e. The van der Waals surface area contributed by atoms with Crippen LogP contribution >= 0.6 is 22.9 Å². The Morgan fingerprint density at radius 3 is 3.00 bits per heavy atom. The summed E-state index contributed by atoms with van der Waals surface area (Å²) in [6, 6.07) is 1.76. The van der Waals surface area contributed by atoms with Crippen LogP contribution in [0.3, 0.4) is 0 Å². The summed E-state index contributed by atoms with van der Waals surface area (Å²) in [7, 11) is 0. The molecule has 5 heteroatoms. The fraction of sp³-hybridized carbons (Fsp3) is 0.111. The highest BCUT2D eigenvalue weighted by Gasteiger charge is 2.11. The molecule has 0 spiro atoms. The highest BCUT2D eigenvalue weighted by Crippen LogP contribution is 2.33. The molecule has 3 nitrogen and oxygen atoms in total. The lowest BCUT2D eigenvalue weighted by Gasteiger charge is -2.01. The molecule has 14 heavy (non-hydrogen) atoms. The van der Waals surface area contributed by atoms with E-state index in [1.807, 2.05) is 0 Å². The van der Waals surface area contributed by atoms with Gasteiger partial charge in [-0.1, -0.05) is 22.9 Å². The van der Waals surface area contributed by atoms with Gasteiger partial charge in [-0.15, -0.1) is 0 Å². The molecule has 0 unspecified atom stereocenters. The van der Waals surface area contributed by atoms with Gasteiger partial charge in [0.15, 0.2) is 5.13 Å². The maximum Gasteiger partial charge on any atom is 0.181 e. The monoisotopic (exact) mass is 226 g/mol. The number of hydrogen-bond donors (Lipinski definition) is 1. The van der Waals surface area contributed by atoms with Gasteiger partial charge in [-0.05, 0) is 18.6 Å². The summed E-state index contributed by atoms with van der Waals surface area (Å²) in [4.78, 5) is 14.8. The maximum atomic E-state index is 10.7. The normalized spacial score (nSPS) is 10.7. The van der Waals surface area contributed by atoms with E-state index in [0.29, 0.717) is 21.2 Å². The third-order valence-corrected chi connectivity index (χ3v) is 3.35. The van der Waals surface area contributed by atoms with Crippen molar-refractivity contribution in [3.05, 3.63) is 22.2 Å². The molecule has 0 aliphatic carbocycles. The predicted molar refractivity (Wildman–Crippen MR) is 59.2 cm³/mol. The van der Waals surface area contributed by atoms with Crippen LogP contribution in [0, 0.1) is 6.92 Å². The van der Waals surface area contributed by atoms with E-state index in [-0.39, 0.29) is 0 Å². The quantitative estimate of drug-likeness (QED) is 0.761. The van der Waals surface area contributed by atoms with Crippen LogP contribution in [-0.2, 0) is 0 Å². The second-order valence-electron chi connectivity index (χ2n) is 2.92. The number of aldehydes is 1. The zero-order valence-electron chi connectivity index (χ0n) is 7.37. The largest absolute Gasteiger partial charge is 0.375 e. The first kappa shape index (κ1) is 9.43. The Hall–Kier alpha value is -1.13. The van der Waals surface area contributed by atoms with Crippen molar-refractivity contribution < 1.29 is 4.79 Å². The van der Waals surface area contributed by atoms with Crippen molar-refractivity contribution in [1.29, 1.82) is 0 Å². The minimum atomic E-state index is 0.462. The topological polar surface area (TPSA) is 56.0 Å². The first-order valence-corrected chi connectivity index (χ1v) is 5.13. The number of aromatic nitrogens is 1. The average molecular weight is 227 g/mol. The third-order valence-electron chi connectivity index (χ3n) is 2.05. The van der Waals surface area contributed by atoms with Gasteiger partial charge in [-0.2, -0.15) is 0 Å². The van der Waals surface area contributed by atoms with Crippen LogP contribution < -0.4 is 5.73 Å². The van der Waals surface area contributed by atoms with Gasteiger partial charge in [0, 0.05) is 5.56 Å². The Morgan fingerprint density at radius 1 is 1.64 bits per heavy atom. The summed E-state index contributed by atoms with van der Waals surface area (Å²) in [5.74, 6) is 0. The van der Waals surface area contributed by atoms with Crippen LogP contribution in [-0.4, -0.2) is 11.3 Å². The molecule has 1 heterocycles. The molecule has 0 bridgehead atoms. The number of carbonyl (C=O) groups is 1. The summed E-state index contributed by atoms with van der Waals surface area (Å²) < 4.78 is 0.847. The molecule has 0 atom stereocenters. The summed E-state index contributed by atoms with van der Waals surface area (Å²) in [5.41, 5.74) is 7.58. The molecule has 0 aliphatic rings. The molecule has 0 amide bonds. The van der Waals surface area contributed by atoms with Crippen LogP contribution in [0.5, 0.6) is 0 Å². The zero-order chi connectivity index (χ0) is 10.3. The van der Waals surface area contributed by atoms with Crippen LogP contribution in [0.15, 0.2) is 6.07 Å². The molecule has 0 radical (unpaired) electrons. The number of thiazole rings is 1. The molecule has 0 fully saturated rings. The first-order valence-electron chi connectivity index (χ1n) is 3.93. The first-order chi connectivity index (χ1) is 6.63. The van der Waals surface area contributed by atoms with Gasteiger partial charge in [-0.25, -0.2) is 4.98 Å². The van der Waals surface area contributed by atoms with Crippen molar-refractivity contribution in [2.24, 2.45) is 0 Å². The Morgan fingerprint density at radius 2 is 2.36 bits per heavy atom. The van der Waals surface area contributed by atoms with Crippen LogP contribution in [0.2, 0.25) is 5.02 Å². The predicted octanol–water partition coefficient (Wildman–Crippen LogP) is 2.65. The lowest BCUT2D eigenvalue weighted by molar-refractivity contribution is 0.112. The van der Waals surface area contributed by atoms with Crippen LogP contribution in [0.4, 0.5) is 5.13 Å². The lowest BCUT2D eigenvalue weighted by Crippen LogP contribution is -1.88. The van der Waals surface area contributed by atoms with Crippen molar-refractivity contribution in [2.45, 2.75) is 6.92 Å². The number of benzene rings is 1. The Bertz CT molecular complexity index is 521.